The number of aryl methyl sites for hydroxylation is 1. The fourth-order valence-corrected chi connectivity index (χ4v) is 2.80. The molecule has 31 heavy (non-hydrogen) atoms. The van der Waals surface area contributed by atoms with Gasteiger partial charge in [-0.25, -0.2) is 4.79 Å². The molecule has 1 aromatic heterocycles. The molecule has 3 aromatic rings. The zero-order chi connectivity index (χ0) is 22.4. The van der Waals surface area contributed by atoms with Crippen molar-refractivity contribution in [2.45, 2.75) is 20.0 Å². The van der Waals surface area contributed by atoms with E-state index in [9.17, 15) is 14.9 Å². The van der Waals surface area contributed by atoms with E-state index in [1.807, 2.05) is 31.2 Å². The van der Waals surface area contributed by atoms with Crippen molar-refractivity contribution in [2.75, 3.05) is 18.2 Å². The van der Waals surface area contributed by atoms with Gasteiger partial charge in [0.2, 0.25) is 11.9 Å². The summed E-state index contributed by atoms with van der Waals surface area (Å²) in [6.07, 6.45) is 0.808. The molecule has 11 nitrogen and oxygen atoms in total. The predicted octanol–water partition coefficient (Wildman–Crippen LogP) is 3.03. The molecule has 3 rings (SSSR count). The van der Waals surface area contributed by atoms with Gasteiger partial charge in [-0.05, 0) is 30.2 Å². The van der Waals surface area contributed by atoms with Gasteiger partial charge in [0.15, 0.2) is 18.2 Å². The standard InChI is InChI=1S/C20H20N6O5/c1-3-12-6-4-5-7-14(12)22-20-24-17(23-19(21)25-20)11-31-18(27)13-8-9-16(30-2)15(10-13)26(28)29/h4-10H,3,11H2,1-2H3,(H3,21,22,23,24,25). The van der Waals surface area contributed by atoms with Gasteiger partial charge in [0.05, 0.1) is 17.6 Å². The summed E-state index contributed by atoms with van der Waals surface area (Å²) in [5.41, 5.74) is 7.29. The first-order valence-electron chi connectivity index (χ1n) is 9.26. The Bertz CT molecular complexity index is 1120. The fraction of sp³-hybridized carbons (Fsp3) is 0.200. The lowest BCUT2D eigenvalue weighted by Crippen LogP contribution is -2.11. The molecule has 0 atom stereocenters. The third kappa shape index (κ3) is 5.21. The van der Waals surface area contributed by atoms with Gasteiger partial charge in [0, 0.05) is 11.8 Å². The van der Waals surface area contributed by atoms with Crippen LogP contribution in [0.25, 0.3) is 0 Å². The molecule has 11 heteroatoms. The maximum atomic E-state index is 12.3. The van der Waals surface area contributed by atoms with Crippen LogP contribution in [0.15, 0.2) is 42.5 Å². The molecule has 2 aromatic carbocycles. The number of esters is 1. The number of para-hydroxylation sites is 1. The smallest absolute Gasteiger partial charge is 0.338 e. The van der Waals surface area contributed by atoms with Crippen molar-refractivity contribution >= 4 is 29.2 Å². The third-order valence-electron chi connectivity index (χ3n) is 4.29. The van der Waals surface area contributed by atoms with Crippen molar-refractivity contribution in [1.82, 2.24) is 15.0 Å². The van der Waals surface area contributed by atoms with E-state index in [1.54, 1.807) is 0 Å². The van der Waals surface area contributed by atoms with Crippen molar-refractivity contribution in [1.29, 1.82) is 0 Å². The first-order chi connectivity index (χ1) is 14.9. The zero-order valence-electron chi connectivity index (χ0n) is 16.9. The number of anilines is 3. The Hall–Kier alpha value is -4.28. The average molecular weight is 424 g/mol. The molecule has 0 aliphatic rings. The van der Waals surface area contributed by atoms with E-state index in [-0.39, 0.29) is 41.3 Å². The lowest BCUT2D eigenvalue weighted by atomic mass is 10.1. The number of nitrogen functional groups attached to an aromatic ring is 1. The fourth-order valence-electron chi connectivity index (χ4n) is 2.80. The molecule has 0 spiro atoms. The second-order valence-corrected chi connectivity index (χ2v) is 6.29. The number of nitrogens with one attached hydrogen (secondary N) is 1. The molecule has 0 saturated carbocycles. The maximum Gasteiger partial charge on any atom is 0.338 e. The van der Waals surface area contributed by atoms with Crippen LogP contribution in [0.5, 0.6) is 5.75 Å². The molecule has 3 N–H and O–H groups in total. The first kappa shape index (κ1) is 21.4. The number of nitro groups is 1. The molecule has 0 saturated heterocycles. The summed E-state index contributed by atoms with van der Waals surface area (Å²) in [5, 5.41) is 14.2. The Morgan fingerprint density at radius 1 is 1.19 bits per heavy atom. The summed E-state index contributed by atoms with van der Waals surface area (Å²) in [5.74, 6) is -0.456. The number of rotatable bonds is 8. The number of carbonyl (C=O) groups excluding carboxylic acids is 1. The van der Waals surface area contributed by atoms with Gasteiger partial charge in [0.25, 0.3) is 0 Å². The van der Waals surface area contributed by atoms with Crippen LogP contribution in [0.2, 0.25) is 0 Å². The van der Waals surface area contributed by atoms with E-state index in [2.05, 4.69) is 20.3 Å². The van der Waals surface area contributed by atoms with Gasteiger partial charge < -0.3 is 20.5 Å². The molecule has 0 radical (unpaired) electrons. The van der Waals surface area contributed by atoms with Crippen LogP contribution in [0.1, 0.15) is 28.7 Å². The molecule has 0 aliphatic carbocycles. The highest BCUT2D eigenvalue weighted by Gasteiger charge is 2.19. The molecule has 0 unspecified atom stereocenters. The molecular formula is C20H20N6O5. The van der Waals surface area contributed by atoms with E-state index in [0.717, 1.165) is 23.7 Å². The van der Waals surface area contributed by atoms with Gasteiger partial charge in [-0.2, -0.15) is 15.0 Å². The number of hydrogen-bond acceptors (Lipinski definition) is 10. The van der Waals surface area contributed by atoms with Crippen LogP contribution in [0.3, 0.4) is 0 Å². The average Bonchev–Trinajstić information content (AvgIpc) is 2.77. The largest absolute Gasteiger partial charge is 0.490 e. The second-order valence-electron chi connectivity index (χ2n) is 6.29. The number of carbonyl (C=O) groups is 1. The Labute approximate surface area is 177 Å². The van der Waals surface area contributed by atoms with Crippen LogP contribution in [0.4, 0.5) is 23.3 Å². The molecule has 0 amide bonds. The van der Waals surface area contributed by atoms with E-state index < -0.39 is 10.9 Å². The Balaban J connectivity index is 1.74. The van der Waals surface area contributed by atoms with Gasteiger partial charge in [0.1, 0.15) is 0 Å². The van der Waals surface area contributed by atoms with Crippen LogP contribution in [0, 0.1) is 10.1 Å². The van der Waals surface area contributed by atoms with Gasteiger partial charge in [-0.3, -0.25) is 10.1 Å². The highest BCUT2D eigenvalue weighted by Crippen LogP contribution is 2.28. The second kappa shape index (κ2) is 9.48. The lowest BCUT2D eigenvalue weighted by molar-refractivity contribution is -0.385. The number of nitro benzene ring substituents is 1. The van der Waals surface area contributed by atoms with Crippen molar-refractivity contribution < 1.29 is 19.2 Å². The summed E-state index contributed by atoms with van der Waals surface area (Å²) in [4.78, 5) is 35.1. The lowest BCUT2D eigenvalue weighted by Gasteiger charge is -2.11. The monoisotopic (exact) mass is 424 g/mol. The molecule has 0 fully saturated rings. The predicted molar refractivity (Wildman–Crippen MR) is 112 cm³/mol. The minimum Gasteiger partial charge on any atom is -0.490 e. The van der Waals surface area contributed by atoms with Crippen molar-refractivity contribution in [3.63, 3.8) is 0 Å². The van der Waals surface area contributed by atoms with Crippen LogP contribution in [-0.2, 0) is 17.8 Å². The van der Waals surface area contributed by atoms with Gasteiger partial charge in [-0.1, -0.05) is 25.1 Å². The van der Waals surface area contributed by atoms with Crippen molar-refractivity contribution in [3.05, 3.63) is 69.5 Å². The SMILES string of the molecule is CCc1ccccc1Nc1nc(N)nc(COC(=O)c2ccc(OC)c([N+](=O)[O-])c2)n1. The summed E-state index contributed by atoms with van der Waals surface area (Å²) >= 11 is 0. The summed E-state index contributed by atoms with van der Waals surface area (Å²) in [6.45, 7) is 1.73. The van der Waals surface area contributed by atoms with Crippen molar-refractivity contribution in [3.8, 4) is 5.75 Å². The molecule has 160 valence electrons. The van der Waals surface area contributed by atoms with Crippen LogP contribution >= 0.6 is 0 Å². The topological polar surface area (TPSA) is 155 Å². The van der Waals surface area contributed by atoms with E-state index in [4.69, 9.17) is 15.2 Å². The normalized spacial score (nSPS) is 10.4. The Kier molecular flexibility index (Phi) is 6.55. The highest BCUT2D eigenvalue weighted by atomic mass is 16.6. The molecule has 0 aliphatic heterocycles. The first-order valence-corrected chi connectivity index (χ1v) is 9.26. The third-order valence-corrected chi connectivity index (χ3v) is 4.29. The summed E-state index contributed by atoms with van der Waals surface area (Å²) in [6, 6.07) is 11.4. The minimum atomic E-state index is -0.782. The summed E-state index contributed by atoms with van der Waals surface area (Å²) in [7, 11) is 1.30. The number of methoxy groups -OCH3 is 1. The minimum absolute atomic E-state index is 0.00949. The number of ether oxygens (including phenoxy) is 2. The number of benzene rings is 2. The quantitative estimate of drug-likeness (QED) is 0.313. The van der Waals surface area contributed by atoms with Gasteiger partial charge in [-0.15, -0.1) is 0 Å². The van der Waals surface area contributed by atoms with Gasteiger partial charge >= 0.3 is 11.7 Å². The highest BCUT2D eigenvalue weighted by molar-refractivity contribution is 5.90. The number of aromatic nitrogens is 3. The van der Waals surface area contributed by atoms with E-state index >= 15 is 0 Å². The van der Waals surface area contributed by atoms with Crippen molar-refractivity contribution in [2.24, 2.45) is 0 Å². The zero-order valence-corrected chi connectivity index (χ0v) is 16.9. The molecule has 1 heterocycles. The molecule has 0 bridgehead atoms. The Morgan fingerprint density at radius 2 is 1.97 bits per heavy atom. The Morgan fingerprint density at radius 3 is 2.68 bits per heavy atom. The van der Waals surface area contributed by atoms with E-state index in [0.29, 0.717) is 0 Å². The number of nitrogens with two attached hydrogens (primary N) is 1. The van der Waals surface area contributed by atoms with E-state index in [1.165, 1.54) is 19.2 Å². The van der Waals surface area contributed by atoms with Crippen LogP contribution < -0.4 is 15.8 Å². The number of nitrogens with zero attached hydrogens (tertiary/aromatic N) is 4. The molecular weight excluding hydrogens is 404 g/mol. The summed E-state index contributed by atoms with van der Waals surface area (Å²) < 4.78 is 10.1. The van der Waals surface area contributed by atoms with Crippen LogP contribution in [-0.4, -0.2) is 33.0 Å². The number of hydrogen-bond donors (Lipinski definition) is 2. The maximum absolute atomic E-state index is 12.3.